The van der Waals surface area contributed by atoms with Crippen molar-refractivity contribution in [2.24, 2.45) is 5.92 Å². The normalized spacial score (nSPS) is 11.7. The molecule has 1 saturated carbocycles. The Hall–Kier alpha value is -11.1. The second kappa shape index (κ2) is 35.6. The van der Waals surface area contributed by atoms with Crippen LogP contribution >= 0.6 is 11.3 Å². The van der Waals surface area contributed by atoms with Gasteiger partial charge in [0.1, 0.15) is 40.8 Å². The molecule has 0 aromatic carbocycles. The largest absolute Gasteiger partial charge is 0.463 e. The maximum atomic E-state index is 12.6. The lowest BCUT2D eigenvalue weighted by Gasteiger charge is -2.21. The van der Waals surface area contributed by atoms with Gasteiger partial charge in [0.2, 0.25) is 0 Å². The molecule has 1 aliphatic carbocycles. The molecule has 18 nitrogen and oxygen atoms in total. The summed E-state index contributed by atoms with van der Waals surface area (Å²) in [5, 5.41) is 7.23. The maximum absolute atomic E-state index is 12.6. The SMILES string of the molecule is C#CCN(C)C(=O)c1ccc(-c2cccnc2)o1.C=C(CCc1cccs1)c1ccc(-c2cccnc2)o1.CC(F)(F)CNC(=O)c1coc(-c2cccnc2)c1.CCN(C)C(=O)c1ccc(-c2cccnc2)o1.O=C(NCC1CCCCC1)c1ccc(-c2cccnc2)o1. The number of nitrogens with one attached hydrogen (secondary N) is 2. The average molecular weight is 1300 g/mol. The van der Waals surface area contributed by atoms with E-state index in [0.29, 0.717) is 52.6 Å². The van der Waals surface area contributed by atoms with Crippen molar-refractivity contribution in [3.8, 4) is 69.0 Å². The molecule has 2 N–H and O–H groups in total. The number of thiophene rings is 1. The lowest BCUT2D eigenvalue weighted by molar-refractivity contribution is 0.0220. The van der Waals surface area contributed by atoms with Gasteiger partial charge in [-0.05, 0) is 171 Å². The number of terminal acetylenes is 1. The Morgan fingerprint density at radius 3 is 1.49 bits per heavy atom. The van der Waals surface area contributed by atoms with Gasteiger partial charge in [0.25, 0.3) is 29.6 Å². The number of carbonyl (C=O) groups is 4. The van der Waals surface area contributed by atoms with Crippen molar-refractivity contribution in [1.29, 1.82) is 0 Å². The summed E-state index contributed by atoms with van der Waals surface area (Å²) >= 11 is 1.78. The molecule has 0 aliphatic heterocycles. The van der Waals surface area contributed by atoms with Crippen LogP contribution in [-0.2, 0) is 6.42 Å². The Kier molecular flexibility index (Phi) is 26.2. The molecular formula is C74H73F2N9O9S. The Labute approximate surface area is 554 Å². The highest BCUT2D eigenvalue weighted by Gasteiger charge is 2.24. The first-order valence-corrected chi connectivity index (χ1v) is 31.5. The summed E-state index contributed by atoms with van der Waals surface area (Å²) in [5.41, 5.74) is 5.51. The van der Waals surface area contributed by atoms with Crippen LogP contribution in [0.25, 0.3) is 62.2 Å². The first kappa shape index (κ1) is 69.8. The second-order valence-electron chi connectivity index (χ2n) is 21.9. The van der Waals surface area contributed by atoms with Crippen LogP contribution in [0.5, 0.6) is 0 Å². The van der Waals surface area contributed by atoms with E-state index in [1.807, 2.05) is 73.7 Å². The van der Waals surface area contributed by atoms with E-state index in [-0.39, 0.29) is 35.6 Å². The van der Waals surface area contributed by atoms with Crippen molar-refractivity contribution in [3.05, 3.63) is 241 Å². The zero-order valence-corrected chi connectivity index (χ0v) is 54.0. The number of allylic oxidation sites excluding steroid dienone is 1. The van der Waals surface area contributed by atoms with Crippen LogP contribution in [0.4, 0.5) is 8.78 Å². The van der Waals surface area contributed by atoms with Crippen molar-refractivity contribution >= 4 is 40.5 Å². The van der Waals surface area contributed by atoms with Gasteiger partial charge in [0.05, 0.1) is 18.7 Å². The van der Waals surface area contributed by atoms with Gasteiger partial charge in [-0.2, -0.15) is 0 Å². The highest BCUT2D eigenvalue weighted by molar-refractivity contribution is 7.09. The van der Waals surface area contributed by atoms with E-state index >= 15 is 0 Å². The first-order valence-electron chi connectivity index (χ1n) is 30.6. The monoisotopic (exact) mass is 1300 g/mol. The van der Waals surface area contributed by atoms with Crippen molar-refractivity contribution in [1.82, 2.24) is 45.4 Å². The lowest BCUT2D eigenvalue weighted by atomic mass is 9.89. The van der Waals surface area contributed by atoms with Crippen molar-refractivity contribution in [2.45, 2.75) is 64.7 Å². The molecule has 4 amide bonds. The molecule has 11 aromatic rings. The van der Waals surface area contributed by atoms with Gasteiger partial charge in [0.15, 0.2) is 17.3 Å². The quantitative estimate of drug-likeness (QED) is 0.0718. The summed E-state index contributed by atoms with van der Waals surface area (Å²) in [5.74, 6) is 4.12. The number of nitrogens with zero attached hydrogens (tertiary/aromatic N) is 7. The van der Waals surface area contributed by atoms with Crippen LogP contribution in [-0.4, -0.2) is 105 Å². The van der Waals surface area contributed by atoms with Gasteiger partial charge in [-0.25, -0.2) is 8.78 Å². The molecule has 95 heavy (non-hydrogen) atoms. The van der Waals surface area contributed by atoms with E-state index in [0.717, 1.165) is 65.7 Å². The molecule has 0 atom stereocenters. The Morgan fingerprint density at radius 2 is 1.05 bits per heavy atom. The lowest BCUT2D eigenvalue weighted by Crippen LogP contribution is -2.34. The zero-order valence-electron chi connectivity index (χ0n) is 53.2. The van der Waals surface area contributed by atoms with Crippen LogP contribution in [0.3, 0.4) is 0 Å². The number of aryl methyl sites for hydroxylation is 1. The number of hydrogen-bond acceptors (Lipinski definition) is 15. The second-order valence-corrected chi connectivity index (χ2v) is 22.9. The molecule has 21 heteroatoms. The van der Waals surface area contributed by atoms with E-state index in [1.165, 1.54) is 54.2 Å². The molecule has 11 heterocycles. The van der Waals surface area contributed by atoms with Gasteiger partial charge in [-0.15, -0.1) is 17.8 Å². The minimum absolute atomic E-state index is 0.109. The van der Waals surface area contributed by atoms with Crippen LogP contribution in [0.2, 0.25) is 0 Å². The molecule has 0 radical (unpaired) electrons. The average Bonchev–Trinajstić information content (AvgIpc) is 2.20. The van der Waals surface area contributed by atoms with Gasteiger partial charge >= 0.3 is 0 Å². The molecule has 12 rings (SSSR count). The molecule has 1 fully saturated rings. The van der Waals surface area contributed by atoms with Crippen LogP contribution in [0.15, 0.2) is 230 Å². The fourth-order valence-electron chi connectivity index (χ4n) is 9.30. The molecule has 488 valence electrons. The number of alkyl halides is 2. The number of halogens is 2. The number of aromatic nitrogens is 5. The van der Waals surface area contributed by atoms with Gasteiger partial charge in [-0.3, -0.25) is 44.1 Å². The predicted molar refractivity (Wildman–Crippen MR) is 362 cm³/mol. The maximum Gasteiger partial charge on any atom is 0.290 e. The summed E-state index contributed by atoms with van der Waals surface area (Å²) in [6.45, 7) is 7.73. The molecule has 0 unspecified atom stereocenters. The van der Waals surface area contributed by atoms with Crippen LogP contribution in [0.1, 0.15) is 105 Å². The predicted octanol–water partition coefficient (Wildman–Crippen LogP) is 15.9. The van der Waals surface area contributed by atoms with Crippen LogP contribution in [0, 0.1) is 18.3 Å². The summed E-state index contributed by atoms with van der Waals surface area (Å²) in [4.78, 5) is 72.0. The molecule has 0 bridgehead atoms. The highest BCUT2D eigenvalue weighted by Crippen LogP contribution is 2.29. The number of furan rings is 5. The summed E-state index contributed by atoms with van der Waals surface area (Å²) in [7, 11) is 3.38. The van der Waals surface area contributed by atoms with E-state index in [9.17, 15) is 28.0 Å². The number of rotatable bonds is 19. The summed E-state index contributed by atoms with van der Waals surface area (Å²) in [6.07, 6.45) is 31.6. The Balaban J connectivity index is 0.000000152. The van der Waals surface area contributed by atoms with Crippen molar-refractivity contribution in [2.75, 3.05) is 40.3 Å². The number of hydrogen-bond donors (Lipinski definition) is 2. The number of carbonyl (C=O) groups excluding carboxylic acids is 4. The third-order valence-corrected chi connectivity index (χ3v) is 15.5. The molecule has 1 aliphatic rings. The third-order valence-electron chi connectivity index (χ3n) is 14.6. The fraction of sp³-hybridized carbons (Fsp3) is 0.230. The van der Waals surface area contributed by atoms with E-state index in [4.69, 9.17) is 28.5 Å². The molecule has 0 spiro atoms. The molecule has 0 saturated heterocycles. The first-order chi connectivity index (χ1) is 46.0. The minimum atomic E-state index is -2.94. The van der Waals surface area contributed by atoms with Gasteiger partial charge < -0.3 is 42.5 Å². The van der Waals surface area contributed by atoms with E-state index in [1.54, 1.807) is 135 Å². The Bertz CT molecular complexity index is 4170. The third kappa shape index (κ3) is 21.8. The molecular weight excluding hydrogens is 1230 g/mol. The zero-order chi connectivity index (χ0) is 67.4. The number of pyridine rings is 5. The van der Waals surface area contributed by atoms with Crippen LogP contribution < -0.4 is 10.6 Å². The van der Waals surface area contributed by atoms with Gasteiger partial charge in [-0.1, -0.05) is 37.8 Å². The van der Waals surface area contributed by atoms with Crippen molar-refractivity contribution < 1.29 is 50.0 Å². The molecule has 11 aromatic heterocycles. The highest BCUT2D eigenvalue weighted by atomic mass is 32.1. The van der Waals surface area contributed by atoms with Gasteiger partial charge in [0, 0.05) is 129 Å². The summed E-state index contributed by atoms with van der Waals surface area (Å²) in [6, 6.07) is 38.6. The van der Waals surface area contributed by atoms with Crippen molar-refractivity contribution in [3.63, 3.8) is 0 Å². The van der Waals surface area contributed by atoms with E-state index < -0.39 is 18.4 Å². The fourth-order valence-corrected chi connectivity index (χ4v) is 10.0. The smallest absolute Gasteiger partial charge is 0.290 e. The summed E-state index contributed by atoms with van der Waals surface area (Å²) < 4.78 is 53.0. The topological polar surface area (TPSA) is 229 Å². The van der Waals surface area contributed by atoms with E-state index in [2.05, 4.69) is 65.6 Å². The number of amides is 4. The standard InChI is InChI=1S/C17H20N2O2.C17H15NOS.C14H12N2O2.C13H12F2N2O2.C13H14N2O2/c20-17(19-11-13-5-2-1-3-6-13)16-9-8-15(21-16)14-7-4-10-18-12-14;1-13(6-7-15-5-3-11-20-15)16-8-9-17(19-16)14-4-2-10-18-12-14;1-3-9-16(2)14(17)13-7-6-12(18-13)11-5-4-8-15-10-11;1-13(14,15)8-17-12(18)10-5-11(19-7-10)9-3-2-4-16-6-9;1-3-15(2)13(16)12-7-6-11(17-12)10-5-4-8-14-9-10/h4,7-10,12-13H,1-3,5-6,11H2,(H,19,20);2-5,8-12H,1,6-7H2;1,4-8,10H,9H2,2H3;2-7H,8H2,1H3,(H,17,18);4-9H,3H2,1-2H3. The Morgan fingerprint density at radius 1 is 0.600 bits per heavy atom. The minimum Gasteiger partial charge on any atom is -0.463 e.